The minimum Gasteiger partial charge on any atom is -0.381 e. The highest BCUT2D eigenvalue weighted by atomic mass is 14.9. The zero-order chi connectivity index (χ0) is 14.5. The van der Waals surface area contributed by atoms with Gasteiger partial charge in [0.15, 0.2) is 0 Å². The average Bonchev–Trinajstić information content (AvgIpc) is 2.55. The zero-order valence-corrected chi connectivity index (χ0v) is 12.5. The molecule has 0 amide bonds. The van der Waals surface area contributed by atoms with Gasteiger partial charge >= 0.3 is 0 Å². The fraction of sp³-hybridized carbons (Fsp3) is 0.200. The summed E-state index contributed by atoms with van der Waals surface area (Å²) in [6.45, 7) is 3.10. The van der Waals surface area contributed by atoms with Crippen LogP contribution in [0.2, 0.25) is 0 Å². The number of hydrogen-bond acceptors (Lipinski definition) is 1. The first-order chi connectivity index (χ1) is 10.3. The predicted octanol–water partition coefficient (Wildman–Crippen LogP) is 4.78. The largest absolute Gasteiger partial charge is 0.381 e. The summed E-state index contributed by atoms with van der Waals surface area (Å²) in [6, 6.07) is 10.4. The van der Waals surface area contributed by atoms with E-state index in [-0.39, 0.29) is 0 Å². The van der Waals surface area contributed by atoms with Crippen molar-refractivity contribution >= 4 is 6.08 Å². The lowest BCUT2D eigenvalue weighted by atomic mass is 9.91. The van der Waals surface area contributed by atoms with Crippen LogP contribution < -0.4 is 5.32 Å². The Morgan fingerprint density at radius 1 is 1.00 bits per heavy atom. The van der Waals surface area contributed by atoms with Crippen LogP contribution in [0.4, 0.5) is 0 Å². The van der Waals surface area contributed by atoms with Gasteiger partial charge in [0.05, 0.1) is 0 Å². The molecular weight excluding hydrogens is 254 g/mol. The molecule has 106 valence electrons. The van der Waals surface area contributed by atoms with Crippen LogP contribution in [0.5, 0.6) is 0 Å². The van der Waals surface area contributed by atoms with Crippen LogP contribution in [-0.4, -0.2) is 6.54 Å². The SMILES string of the molecule is CC1=CC=C(C2=C(/C=C/c3ccccc3)NCC=C2)CC1. The Bertz CT molecular complexity index is 654. The van der Waals surface area contributed by atoms with Gasteiger partial charge in [0.2, 0.25) is 0 Å². The van der Waals surface area contributed by atoms with Gasteiger partial charge in [-0.15, -0.1) is 0 Å². The van der Waals surface area contributed by atoms with Gasteiger partial charge in [0, 0.05) is 17.8 Å². The molecule has 1 heteroatoms. The molecule has 0 spiro atoms. The number of allylic oxidation sites excluding steroid dienone is 7. The van der Waals surface area contributed by atoms with Crippen molar-refractivity contribution in [2.75, 3.05) is 6.54 Å². The Balaban J connectivity index is 1.90. The minimum absolute atomic E-state index is 0.903. The van der Waals surface area contributed by atoms with E-state index < -0.39 is 0 Å². The number of hydrogen-bond donors (Lipinski definition) is 1. The molecule has 2 aliphatic rings. The molecule has 0 saturated carbocycles. The Morgan fingerprint density at radius 3 is 2.62 bits per heavy atom. The first-order valence-corrected chi connectivity index (χ1v) is 7.57. The summed E-state index contributed by atoms with van der Waals surface area (Å²) in [5.41, 5.74) is 6.68. The summed E-state index contributed by atoms with van der Waals surface area (Å²) in [6.07, 6.45) is 15.6. The minimum atomic E-state index is 0.903. The van der Waals surface area contributed by atoms with Crippen molar-refractivity contribution in [3.05, 3.63) is 88.7 Å². The second-order valence-corrected chi connectivity index (χ2v) is 5.56. The molecule has 0 aromatic heterocycles. The van der Waals surface area contributed by atoms with E-state index >= 15 is 0 Å². The highest BCUT2D eigenvalue weighted by molar-refractivity contribution is 5.58. The molecule has 0 bridgehead atoms. The third-order valence-electron chi connectivity index (χ3n) is 3.93. The fourth-order valence-corrected chi connectivity index (χ4v) is 2.67. The Labute approximate surface area is 127 Å². The van der Waals surface area contributed by atoms with Crippen LogP contribution >= 0.6 is 0 Å². The van der Waals surface area contributed by atoms with E-state index in [1.165, 1.54) is 34.4 Å². The van der Waals surface area contributed by atoms with Gasteiger partial charge < -0.3 is 5.32 Å². The van der Waals surface area contributed by atoms with E-state index in [1.807, 2.05) is 6.07 Å². The van der Waals surface area contributed by atoms with Gasteiger partial charge in [-0.2, -0.15) is 0 Å². The number of nitrogens with one attached hydrogen (secondary N) is 1. The molecule has 1 N–H and O–H groups in total. The second-order valence-electron chi connectivity index (χ2n) is 5.56. The van der Waals surface area contributed by atoms with E-state index in [1.54, 1.807) is 0 Å². The molecule has 0 saturated heterocycles. The number of benzene rings is 1. The van der Waals surface area contributed by atoms with Gasteiger partial charge in [-0.3, -0.25) is 0 Å². The van der Waals surface area contributed by atoms with E-state index in [0.717, 1.165) is 13.0 Å². The van der Waals surface area contributed by atoms with Gasteiger partial charge in [0.25, 0.3) is 0 Å². The smallest absolute Gasteiger partial charge is 0.0419 e. The van der Waals surface area contributed by atoms with Crippen molar-refractivity contribution < 1.29 is 0 Å². The normalized spacial score (nSPS) is 18.5. The van der Waals surface area contributed by atoms with Crippen LogP contribution in [0.3, 0.4) is 0 Å². The summed E-state index contributed by atoms with van der Waals surface area (Å²) in [5, 5.41) is 3.49. The molecule has 1 heterocycles. The van der Waals surface area contributed by atoms with E-state index in [2.05, 4.69) is 73.0 Å². The topological polar surface area (TPSA) is 12.0 Å². The van der Waals surface area contributed by atoms with Gasteiger partial charge in [-0.05, 0) is 37.0 Å². The maximum atomic E-state index is 3.49. The van der Waals surface area contributed by atoms with Crippen LogP contribution in [0.25, 0.3) is 6.08 Å². The van der Waals surface area contributed by atoms with Crippen molar-refractivity contribution in [3.63, 3.8) is 0 Å². The monoisotopic (exact) mass is 275 g/mol. The first-order valence-electron chi connectivity index (χ1n) is 7.57. The second kappa shape index (κ2) is 6.45. The lowest BCUT2D eigenvalue weighted by Gasteiger charge is -2.20. The highest BCUT2D eigenvalue weighted by Crippen LogP contribution is 2.28. The van der Waals surface area contributed by atoms with Gasteiger partial charge in [0.1, 0.15) is 0 Å². The molecule has 0 fully saturated rings. The molecule has 0 atom stereocenters. The number of rotatable bonds is 3. The summed E-state index contributed by atoms with van der Waals surface area (Å²) in [5.74, 6) is 0. The van der Waals surface area contributed by atoms with E-state index in [4.69, 9.17) is 0 Å². The molecule has 1 aliphatic carbocycles. The van der Waals surface area contributed by atoms with Gasteiger partial charge in [-0.25, -0.2) is 0 Å². The summed E-state index contributed by atoms with van der Waals surface area (Å²) >= 11 is 0. The molecule has 1 aromatic carbocycles. The molecular formula is C20H21N. The summed E-state index contributed by atoms with van der Waals surface area (Å²) in [7, 11) is 0. The first kappa shape index (κ1) is 13.7. The molecule has 21 heavy (non-hydrogen) atoms. The quantitative estimate of drug-likeness (QED) is 0.837. The maximum absolute atomic E-state index is 3.49. The van der Waals surface area contributed by atoms with E-state index in [9.17, 15) is 0 Å². The van der Waals surface area contributed by atoms with Crippen molar-refractivity contribution in [3.8, 4) is 0 Å². The number of dihydropyridines is 1. The predicted molar refractivity (Wildman–Crippen MR) is 90.7 cm³/mol. The highest BCUT2D eigenvalue weighted by Gasteiger charge is 2.12. The molecule has 1 aromatic rings. The third-order valence-corrected chi connectivity index (χ3v) is 3.93. The molecule has 1 aliphatic heterocycles. The van der Waals surface area contributed by atoms with Crippen molar-refractivity contribution in [1.29, 1.82) is 0 Å². The van der Waals surface area contributed by atoms with Crippen LogP contribution in [0.15, 0.2) is 83.1 Å². The van der Waals surface area contributed by atoms with Crippen molar-refractivity contribution in [2.24, 2.45) is 0 Å². The van der Waals surface area contributed by atoms with Crippen molar-refractivity contribution in [2.45, 2.75) is 19.8 Å². The molecule has 3 rings (SSSR count). The Hall–Kier alpha value is -2.28. The van der Waals surface area contributed by atoms with Crippen LogP contribution in [-0.2, 0) is 0 Å². The summed E-state index contributed by atoms with van der Waals surface area (Å²) in [4.78, 5) is 0. The maximum Gasteiger partial charge on any atom is 0.0419 e. The standard InChI is InChI=1S/C20H21N/c1-16-9-12-18(13-10-16)19-8-5-15-21-20(19)14-11-17-6-3-2-4-7-17/h2-9,11-12,14,21H,10,13,15H2,1H3/b14-11+. The van der Waals surface area contributed by atoms with Crippen LogP contribution in [0, 0.1) is 0 Å². The molecule has 0 radical (unpaired) electrons. The lowest BCUT2D eigenvalue weighted by Crippen LogP contribution is -2.18. The van der Waals surface area contributed by atoms with Crippen molar-refractivity contribution in [1.82, 2.24) is 5.32 Å². The Kier molecular flexibility index (Phi) is 4.20. The zero-order valence-electron chi connectivity index (χ0n) is 12.5. The fourth-order valence-electron chi connectivity index (χ4n) is 2.67. The lowest BCUT2D eigenvalue weighted by molar-refractivity contribution is 0.872. The third kappa shape index (κ3) is 3.43. The van der Waals surface area contributed by atoms with E-state index in [0.29, 0.717) is 0 Å². The average molecular weight is 275 g/mol. The van der Waals surface area contributed by atoms with Crippen LogP contribution in [0.1, 0.15) is 25.3 Å². The molecule has 1 nitrogen and oxygen atoms in total. The summed E-state index contributed by atoms with van der Waals surface area (Å²) < 4.78 is 0. The Morgan fingerprint density at radius 2 is 1.86 bits per heavy atom. The van der Waals surface area contributed by atoms with Gasteiger partial charge in [-0.1, -0.05) is 66.3 Å². The molecule has 0 unspecified atom stereocenters.